The van der Waals surface area contributed by atoms with Crippen molar-refractivity contribution in [2.24, 2.45) is 0 Å². The van der Waals surface area contributed by atoms with Gasteiger partial charge in [-0.05, 0) is 19.1 Å². The average molecular weight is 237 g/mol. The van der Waals surface area contributed by atoms with Crippen molar-refractivity contribution < 1.29 is 4.79 Å². The number of anilines is 1. The van der Waals surface area contributed by atoms with E-state index in [0.29, 0.717) is 18.1 Å². The topological polar surface area (TPSA) is 42.0 Å². The van der Waals surface area contributed by atoms with E-state index in [1.165, 1.54) is 6.92 Å². The third kappa shape index (κ3) is 3.92. The largest absolute Gasteiger partial charge is 0.311 e. The minimum Gasteiger partial charge on any atom is -0.311 e. The van der Waals surface area contributed by atoms with Crippen molar-refractivity contribution in [3.8, 4) is 11.8 Å². The maximum Gasteiger partial charge on any atom is 0.222 e. The van der Waals surface area contributed by atoms with E-state index < -0.39 is 0 Å². The van der Waals surface area contributed by atoms with E-state index in [9.17, 15) is 4.79 Å². The van der Waals surface area contributed by atoms with Gasteiger partial charge in [0.2, 0.25) is 5.91 Å². The van der Waals surface area contributed by atoms with Crippen LogP contribution in [-0.2, 0) is 4.79 Å². The number of aryl methyl sites for hydroxylation is 1. The molecular formula is C12H13ClN2O. The monoisotopic (exact) mass is 236 g/mol. The molecule has 4 heteroatoms. The minimum absolute atomic E-state index is 0.132. The molecule has 16 heavy (non-hydrogen) atoms. The van der Waals surface area contributed by atoms with E-state index in [0.717, 1.165) is 11.3 Å². The molecule has 3 nitrogen and oxygen atoms in total. The molecule has 1 aromatic rings. The number of aromatic nitrogens is 1. The van der Waals surface area contributed by atoms with Crippen LogP contribution >= 0.6 is 11.6 Å². The molecule has 0 saturated heterocycles. The highest BCUT2D eigenvalue weighted by molar-refractivity contribution is 6.18. The third-order valence-corrected chi connectivity index (χ3v) is 2.02. The smallest absolute Gasteiger partial charge is 0.222 e. The van der Waals surface area contributed by atoms with E-state index in [-0.39, 0.29) is 5.91 Å². The Labute approximate surface area is 100 Å². The van der Waals surface area contributed by atoms with Crippen LogP contribution in [0.4, 0.5) is 5.82 Å². The Morgan fingerprint density at radius 2 is 2.31 bits per heavy atom. The molecule has 0 fully saturated rings. The molecular weight excluding hydrogens is 224 g/mol. The first kappa shape index (κ1) is 12.5. The number of pyridine rings is 1. The molecule has 1 amide bonds. The molecule has 0 aliphatic heterocycles. The number of carbonyl (C=O) groups excluding carboxylic acids is 1. The predicted octanol–water partition coefficient (Wildman–Crippen LogP) is 2.33. The van der Waals surface area contributed by atoms with E-state index in [1.54, 1.807) is 6.07 Å². The highest BCUT2D eigenvalue weighted by Crippen LogP contribution is 2.09. The Balaban J connectivity index is 2.84. The Morgan fingerprint density at radius 3 is 2.88 bits per heavy atom. The van der Waals surface area contributed by atoms with Crippen LogP contribution in [0.2, 0.25) is 0 Å². The number of nitrogens with one attached hydrogen (secondary N) is 1. The first-order valence-corrected chi connectivity index (χ1v) is 5.47. The second-order valence-electron chi connectivity index (χ2n) is 3.25. The standard InChI is InChI=1S/C12H13ClN2O/c1-9-11(5-3-4-8-13)6-7-12(14-9)15-10(2)16/h6-7H,4,8H2,1-2H3,(H,14,15,16). The molecule has 0 unspecified atom stereocenters. The molecule has 1 aromatic heterocycles. The van der Waals surface area contributed by atoms with Gasteiger partial charge in [0.15, 0.2) is 0 Å². The van der Waals surface area contributed by atoms with Crippen molar-refractivity contribution in [3.63, 3.8) is 0 Å². The van der Waals surface area contributed by atoms with Crippen molar-refractivity contribution in [2.75, 3.05) is 11.2 Å². The van der Waals surface area contributed by atoms with Gasteiger partial charge in [0, 0.05) is 24.8 Å². The summed E-state index contributed by atoms with van der Waals surface area (Å²) in [5.41, 5.74) is 1.66. The summed E-state index contributed by atoms with van der Waals surface area (Å²) in [6.45, 7) is 3.31. The maximum absolute atomic E-state index is 10.8. The molecule has 84 valence electrons. The van der Waals surface area contributed by atoms with Crippen LogP contribution in [0.25, 0.3) is 0 Å². The Bertz CT molecular complexity index is 446. The number of carbonyl (C=O) groups is 1. The van der Waals surface area contributed by atoms with Gasteiger partial charge < -0.3 is 5.32 Å². The summed E-state index contributed by atoms with van der Waals surface area (Å²) in [6, 6.07) is 3.58. The average Bonchev–Trinajstić information content (AvgIpc) is 2.20. The van der Waals surface area contributed by atoms with Gasteiger partial charge in [0.1, 0.15) is 5.82 Å². The Kier molecular flexibility index (Phi) is 4.81. The normalized spacial score (nSPS) is 9.19. The first-order chi connectivity index (χ1) is 7.63. The van der Waals surface area contributed by atoms with Crippen LogP contribution in [0.5, 0.6) is 0 Å². The summed E-state index contributed by atoms with van der Waals surface area (Å²) in [5.74, 6) is 6.88. The number of halogens is 1. The van der Waals surface area contributed by atoms with Crippen LogP contribution < -0.4 is 5.32 Å². The minimum atomic E-state index is -0.132. The molecule has 0 spiro atoms. The van der Waals surface area contributed by atoms with Gasteiger partial charge in [-0.3, -0.25) is 4.79 Å². The fourth-order valence-electron chi connectivity index (χ4n) is 1.15. The van der Waals surface area contributed by atoms with Crippen molar-refractivity contribution in [2.45, 2.75) is 20.3 Å². The van der Waals surface area contributed by atoms with Crippen LogP contribution in [0, 0.1) is 18.8 Å². The van der Waals surface area contributed by atoms with Crippen molar-refractivity contribution in [3.05, 3.63) is 23.4 Å². The zero-order chi connectivity index (χ0) is 12.0. The highest BCUT2D eigenvalue weighted by atomic mass is 35.5. The van der Waals surface area contributed by atoms with Crippen molar-refractivity contribution in [1.82, 2.24) is 4.98 Å². The summed E-state index contributed by atoms with van der Waals surface area (Å²) in [5, 5.41) is 2.62. The molecule has 1 heterocycles. The summed E-state index contributed by atoms with van der Waals surface area (Å²) >= 11 is 5.52. The number of hydrogen-bond acceptors (Lipinski definition) is 2. The van der Waals surface area contributed by atoms with Gasteiger partial charge in [0.25, 0.3) is 0 Å². The van der Waals surface area contributed by atoms with E-state index >= 15 is 0 Å². The third-order valence-electron chi connectivity index (χ3n) is 1.83. The van der Waals surface area contributed by atoms with Crippen molar-refractivity contribution in [1.29, 1.82) is 0 Å². The SMILES string of the molecule is CC(=O)Nc1ccc(C#CCCCl)c(C)n1. The fourth-order valence-corrected chi connectivity index (χ4v) is 1.24. The molecule has 0 aromatic carbocycles. The maximum atomic E-state index is 10.8. The summed E-state index contributed by atoms with van der Waals surface area (Å²) in [6.07, 6.45) is 0.661. The fraction of sp³-hybridized carbons (Fsp3) is 0.333. The molecule has 0 radical (unpaired) electrons. The lowest BCUT2D eigenvalue weighted by atomic mass is 10.2. The van der Waals surface area contributed by atoms with Gasteiger partial charge in [0.05, 0.1) is 5.69 Å². The quantitative estimate of drug-likeness (QED) is 0.633. The molecule has 1 rings (SSSR count). The first-order valence-electron chi connectivity index (χ1n) is 4.93. The van der Waals surface area contributed by atoms with Crippen LogP contribution in [-0.4, -0.2) is 16.8 Å². The van der Waals surface area contributed by atoms with Gasteiger partial charge in [-0.25, -0.2) is 4.98 Å². The summed E-state index contributed by atoms with van der Waals surface area (Å²) in [7, 11) is 0. The molecule has 0 bridgehead atoms. The number of rotatable bonds is 2. The molecule has 0 saturated carbocycles. The van der Waals surface area contributed by atoms with Crippen LogP contribution in [0.15, 0.2) is 12.1 Å². The number of amides is 1. The lowest BCUT2D eigenvalue weighted by Crippen LogP contribution is -2.08. The number of nitrogens with zero attached hydrogens (tertiary/aromatic N) is 1. The van der Waals surface area contributed by atoms with E-state index in [2.05, 4.69) is 22.1 Å². The molecule has 0 atom stereocenters. The van der Waals surface area contributed by atoms with E-state index in [4.69, 9.17) is 11.6 Å². The number of alkyl halides is 1. The van der Waals surface area contributed by atoms with Crippen molar-refractivity contribution >= 4 is 23.3 Å². The lowest BCUT2D eigenvalue weighted by Gasteiger charge is -2.03. The molecule has 0 aliphatic rings. The molecule has 1 N–H and O–H groups in total. The van der Waals surface area contributed by atoms with Gasteiger partial charge in [-0.2, -0.15) is 0 Å². The summed E-state index contributed by atoms with van der Waals surface area (Å²) in [4.78, 5) is 15.1. The summed E-state index contributed by atoms with van der Waals surface area (Å²) < 4.78 is 0. The molecule has 0 aliphatic carbocycles. The highest BCUT2D eigenvalue weighted by Gasteiger charge is 2.00. The van der Waals surface area contributed by atoms with Gasteiger partial charge in [-0.1, -0.05) is 11.8 Å². The van der Waals surface area contributed by atoms with Crippen LogP contribution in [0.3, 0.4) is 0 Å². The Morgan fingerprint density at radius 1 is 1.56 bits per heavy atom. The lowest BCUT2D eigenvalue weighted by molar-refractivity contribution is -0.114. The Hall–Kier alpha value is -1.53. The van der Waals surface area contributed by atoms with Gasteiger partial charge in [-0.15, -0.1) is 11.6 Å². The second-order valence-corrected chi connectivity index (χ2v) is 3.63. The van der Waals surface area contributed by atoms with E-state index in [1.807, 2.05) is 13.0 Å². The van der Waals surface area contributed by atoms with Crippen LogP contribution in [0.1, 0.15) is 24.6 Å². The second kappa shape index (κ2) is 6.14. The predicted molar refractivity (Wildman–Crippen MR) is 65.5 cm³/mol. The van der Waals surface area contributed by atoms with Gasteiger partial charge >= 0.3 is 0 Å². The zero-order valence-electron chi connectivity index (χ0n) is 9.30. The zero-order valence-corrected chi connectivity index (χ0v) is 10.1. The number of hydrogen-bond donors (Lipinski definition) is 1.